The second-order valence-electron chi connectivity index (χ2n) is 6.68. The highest BCUT2D eigenvalue weighted by atomic mass is 32.1. The molecule has 0 saturated carbocycles. The van der Waals surface area contributed by atoms with Crippen molar-refractivity contribution < 1.29 is 14.3 Å². The molecule has 7 nitrogen and oxygen atoms in total. The van der Waals surface area contributed by atoms with Gasteiger partial charge in [0.1, 0.15) is 0 Å². The van der Waals surface area contributed by atoms with Crippen molar-refractivity contribution in [3.8, 4) is 0 Å². The summed E-state index contributed by atoms with van der Waals surface area (Å²) in [7, 11) is 0. The highest BCUT2D eigenvalue weighted by Gasteiger charge is 2.34. The molecule has 1 aliphatic heterocycles. The van der Waals surface area contributed by atoms with E-state index in [0.29, 0.717) is 10.8 Å². The Balaban J connectivity index is 2.06. The van der Waals surface area contributed by atoms with Gasteiger partial charge in [0.25, 0.3) is 0 Å². The number of primary amides is 1. The van der Waals surface area contributed by atoms with Crippen molar-refractivity contribution in [1.29, 1.82) is 0 Å². The first-order valence-corrected chi connectivity index (χ1v) is 9.07. The van der Waals surface area contributed by atoms with Crippen LogP contribution < -0.4 is 11.1 Å². The maximum absolute atomic E-state index is 12.8. The van der Waals surface area contributed by atoms with Crippen molar-refractivity contribution in [2.45, 2.75) is 52.4 Å². The third-order valence-electron chi connectivity index (χ3n) is 3.88. The average molecular weight is 354 g/mol. The molecule has 2 heterocycles. The Hall–Kier alpha value is -1.51. The fourth-order valence-electron chi connectivity index (χ4n) is 3.14. The Labute approximate surface area is 146 Å². The minimum absolute atomic E-state index is 0.0775. The van der Waals surface area contributed by atoms with Crippen molar-refractivity contribution in [3.05, 3.63) is 11.1 Å². The lowest BCUT2D eigenvalue weighted by Crippen LogP contribution is -2.55. The first kappa shape index (κ1) is 18.8. The van der Waals surface area contributed by atoms with Crippen LogP contribution in [0, 0.1) is 5.92 Å². The maximum Gasteiger partial charge on any atom is 0.243 e. The summed E-state index contributed by atoms with van der Waals surface area (Å²) in [5, 5.41) is 5.11. The van der Waals surface area contributed by atoms with E-state index in [1.54, 1.807) is 5.38 Å². The molecule has 134 valence electrons. The molecule has 0 aliphatic carbocycles. The van der Waals surface area contributed by atoms with Gasteiger partial charge in [0.2, 0.25) is 11.8 Å². The highest BCUT2D eigenvalue weighted by molar-refractivity contribution is 7.13. The summed E-state index contributed by atoms with van der Waals surface area (Å²) < 4.78 is 5.76. The predicted octanol–water partition coefficient (Wildman–Crippen LogP) is 1.24. The predicted molar refractivity (Wildman–Crippen MR) is 93.9 cm³/mol. The van der Waals surface area contributed by atoms with E-state index in [0.717, 1.165) is 13.1 Å². The summed E-state index contributed by atoms with van der Waals surface area (Å²) in [6.45, 7) is 9.57. The number of carbonyl (C=O) groups is 2. The molecule has 0 spiro atoms. The normalized spacial score (nSPS) is 23.2. The van der Waals surface area contributed by atoms with Crippen molar-refractivity contribution >= 4 is 28.3 Å². The lowest BCUT2D eigenvalue weighted by molar-refractivity contribution is -0.130. The smallest absolute Gasteiger partial charge is 0.243 e. The molecule has 24 heavy (non-hydrogen) atoms. The lowest BCUT2D eigenvalue weighted by Gasteiger charge is -2.40. The quantitative estimate of drug-likeness (QED) is 0.801. The summed E-state index contributed by atoms with van der Waals surface area (Å²) in [5.41, 5.74) is 5.75. The number of rotatable bonds is 6. The molecule has 3 N–H and O–H groups in total. The minimum atomic E-state index is -0.436. The van der Waals surface area contributed by atoms with Gasteiger partial charge in [-0.2, -0.15) is 0 Å². The molecule has 0 bridgehead atoms. The van der Waals surface area contributed by atoms with Gasteiger partial charge < -0.3 is 15.8 Å². The fraction of sp³-hybridized carbons (Fsp3) is 0.688. The first-order valence-electron chi connectivity index (χ1n) is 8.19. The van der Waals surface area contributed by atoms with Gasteiger partial charge in [0, 0.05) is 18.5 Å². The van der Waals surface area contributed by atoms with Gasteiger partial charge in [-0.15, -0.1) is 11.3 Å². The number of carbonyl (C=O) groups excluding carboxylic acids is 2. The summed E-state index contributed by atoms with van der Waals surface area (Å²) in [5.74, 6) is -0.353. The molecule has 1 aliphatic rings. The lowest BCUT2D eigenvalue weighted by atomic mass is 10.00. The summed E-state index contributed by atoms with van der Waals surface area (Å²) in [4.78, 5) is 30.2. The van der Waals surface area contributed by atoms with Gasteiger partial charge >= 0.3 is 0 Å². The molecule has 1 fully saturated rings. The number of ether oxygens (including phenoxy) is 1. The van der Waals surface area contributed by atoms with Crippen LogP contribution >= 0.6 is 11.3 Å². The first-order chi connectivity index (χ1) is 11.3. The van der Waals surface area contributed by atoms with Gasteiger partial charge in [0.15, 0.2) is 5.13 Å². The Morgan fingerprint density at radius 2 is 2.04 bits per heavy atom. The second-order valence-corrected chi connectivity index (χ2v) is 7.53. The van der Waals surface area contributed by atoms with Crippen LogP contribution in [0.2, 0.25) is 0 Å². The van der Waals surface area contributed by atoms with Gasteiger partial charge in [-0.3, -0.25) is 14.5 Å². The topological polar surface area (TPSA) is 97.6 Å². The Bertz CT molecular complexity index is 580. The van der Waals surface area contributed by atoms with Crippen molar-refractivity contribution in [3.63, 3.8) is 0 Å². The number of aromatic nitrogens is 1. The third-order valence-corrected chi connectivity index (χ3v) is 4.69. The number of nitrogens with one attached hydrogen (secondary N) is 1. The molecule has 2 amide bonds. The van der Waals surface area contributed by atoms with Crippen LogP contribution in [-0.2, 0) is 20.7 Å². The van der Waals surface area contributed by atoms with Crippen LogP contribution in [0.25, 0.3) is 0 Å². The second kappa shape index (κ2) is 8.04. The summed E-state index contributed by atoms with van der Waals surface area (Å²) >= 11 is 1.30. The molecule has 2 rings (SSSR count). The Morgan fingerprint density at radius 1 is 1.42 bits per heavy atom. The molecule has 1 aromatic rings. The molecule has 0 radical (unpaired) electrons. The van der Waals surface area contributed by atoms with Crippen LogP contribution in [0.4, 0.5) is 5.13 Å². The zero-order valence-electron chi connectivity index (χ0n) is 14.6. The number of anilines is 1. The molecule has 3 atom stereocenters. The number of amides is 2. The van der Waals surface area contributed by atoms with E-state index < -0.39 is 5.91 Å². The molecule has 1 aromatic heterocycles. The molecule has 1 saturated heterocycles. The van der Waals surface area contributed by atoms with E-state index >= 15 is 0 Å². The molecule has 8 heteroatoms. The summed E-state index contributed by atoms with van der Waals surface area (Å²) in [6.07, 6.45) is 0.285. The third kappa shape index (κ3) is 4.99. The van der Waals surface area contributed by atoms with Crippen LogP contribution in [0.3, 0.4) is 0 Å². The summed E-state index contributed by atoms with van der Waals surface area (Å²) in [6, 6.07) is -0.248. The zero-order chi connectivity index (χ0) is 17.9. The van der Waals surface area contributed by atoms with Gasteiger partial charge in [-0.05, 0) is 19.8 Å². The van der Waals surface area contributed by atoms with Crippen LogP contribution in [0.1, 0.15) is 33.4 Å². The molecular formula is C16H26N4O3S. The monoisotopic (exact) mass is 354 g/mol. The van der Waals surface area contributed by atoms with Gasteiger partial charge in [0.05, 0.1) is 30.4 Å². The van der Waals surface area contributed by atoms with Crippen molar-refractivity contribution in [1.82, 2.24) is 9.88 Å². The minimum Gasteiger partial charge on any atom is -0.373 e. The number of hydrogen-bond donors (Lipinski definition) is 2. The largest absolute Gasteiger partial charge is 0.373 e. The van der Waals surface area contributed by atoms with Crippen molar-refractivity contribution in [2.24, 2.45) is 11.7 Å². The number of thiazole rings is 1. The number of hydrogen-bond acceptors (Lipinski definition) is 6. The molecular weight excluding hydrogens is 328 g/mol. The van der Waals surface area contributed by atoms with Gasteiger partial charge in [-0.1, -0.05) is 13.8 Å². The number of morpholine rings is 1. The number of nitrogens with zero attached hydrogens (tertiary/aromatic N) is 2. The van der Waals surface area contributed by atoms with E-state index in [1.807, 2.05) is 27.7 Å². The highest BCUT2D eigenvalue weighted by Crippen LogP contribution is 2.21. The Kier molecular flexibility index (Phi) is 6.31. The van der Waals surface area contributed by atoms with Gasteiger partial charge in [-0.25, -0.2) is 4.98 Å². The van der Waals surface area contributed by atoms with E-state index in [9.17, 15) is 9.59 Å². The van der Waals surface area contributed by atoms with E-state index in [4.69, 9.17) is 10.5 Å². The Morgan fingerprint density at radius 3 is 2.58 bits per heavy atom. The fourth-order valence-corrected chi connectivity index (χ4v) is 3.85. The SMILES string of the molecule is CC(C)[C@H](C(=O)Nc1nc(CC(N)=O)cs1)N1C[C@@H](C)O[C@H](C)C1. The van der Waals surface area contributed by atoms with Crippen molar-refractivity contribution in [2.75, 3.05) is 18.4 Å². The zero-order valence-corrected chi connectivity index (χ0v) is 15.4. The maximum atomic E-state index is 12.8. The molecule has 0 unspecified atom stereocenters. The molecule has 0 aromatic carbocycles. The van der Waals surface area contributed by atoms with Crippen LogP contribution in [0.5, 0.6) is 0 Å². The van der Waals surface area contributed by atoms with E-state index in [2.05, 4.69) is 15.2 Å². The van der Waals surface area contributed by atoms with E-state index in [1.165, 1.54) is 11.3 Å². The van der Waals surface area contributed by atoms with E-state index in [-0.39, 0.29) is 36.5 Å². The standard InChI is InChI=1S/C16H26N4O3S/c1-9(2)14(20-6-10(3)23-11(4)7-20)15(22)19-16-18-12(8-24-16)5-13(17)21/h8-11,14H,5-7H2,1-4H3,(H2,17,21)(H,18,19,22)/t10-,11-,14-/m1/s1. The van der Waals surface area contributed by atoms with Crippen LogP contribution in [0.15, 0.2) is 5.38 Å². The number of nitrogens with two attached hydrogens (primary N) is 1. The van der Waals surface area contributed by atoms with Crippen LogP contribution in [-0.4, -0.2) is 53.0 Å². The average Bonchev–Trinajstić information content (AvgIpc) is 2.83.